The molecule has 6 nitrogen and oxygen atoms in total. The normalized spacial score (nSPS) is 15.2. The summed E-state index contributed by atoms with van der Waals surface area (Å²) in [6.45, 7) is 0. The highest BCUT2D eigenvalue weighted by Gasteiger charge is 2.26. The molecule has 0 unspecified atom stereocenters. The average molecular weight is 273 g/mol. The molecule has 0 radical (unpaired) electrons. The highest BCUT2D eigenvalue weighted by Crippen LogP contribution is 2.20. The molecule has 4 N–H and O–H groups in total. The number of carbonyl (C=O) groups is 1. The van der Waals surface area contributed by atoms with E-state index in [0.717, 1.165) is 31.0 Å². The van der Waals surface area contributed by atoms with E-state index in [4.69, 9.17) is 5.73 Å². The van der Waals surface area contributed by atoms with E-state index < -0.39 is 21.9 Å². The molecule has 0 aromatic heterocycles. The smallest absolute Gasteiger partial charge is 0.328 e. The second kappa shape index (κ2) is 4.45. The number of amides is 2. The molecule has 1 aromatic carbocycles. The summed E-state index contributed by atoms with van der Waals surface area (Å²) in [6, 6.07) is 2.08. The van der Waals surface area contributed by atoms with Crippen LogP contribution in [0.3, 0.4) is 0 Å². The number of benzene rings is 1. The van der Waals surface area contributed by atoms with E-state index in [-0.39, 0.29) is 16.6 Å². The van der Waals surface area contributed by atoms with E-state index in [1.807, 2.05) is 4.72 Å². The first-order valence-electron chi connectivity index (χ1n) is 5.27. The predicted octanol–water partition coefficient (Wildman–Crippen LogP) is 0.558. The lowest BCUT2D eigenvalue weighted by Crippen LogP contribution is -2.40. The van der Waals surface area contributed by atoms with Gasteiger partial charge in [0, 0.05) is 6.04 Å². The number of nitrogen functional groups attached to an aromatic ring is 1. The Hall–Kier alpha value is -1.83. The standard InChI is InChI=1S/C10H12FN3O3S/c11-6-1-4-9(8(12)5-6)18(16,17)14-10(15)13-7-2-3-7/h1,4-5,7H,2-3,12H2,(H2,13,14,15). The van der Waals surface area contributed by atoms with Gasteiger partial charge in [0.1, 0.15) is 10.7 Å². The number of rotatable bonds is 3. The van der Waals surface area contributed by atoms with Gasteiger partial charge < -0.3 is 11.1 Å². The van der Waals surface area contributed by atoms with Gasteiger partial charge >= 0.3 is 6.03 Å². The van der Waals surface area contributed by atoms with E-state index in [1.54, 1.807) is 0 Å². The Bertz CT molecular complexity index is 584. The number of carbonyl (C=O) groups excluding carboxylic acids is 1. The van der Waals surface area contributed by atoms with Crippen molar-refractivity contribution in [3.8, 4) is 0 Å². The van der Waals surface area contributed by atoms with Gasteiger partial charge in [0.2, 0.25) is 0 Å². The van der Waals surface area contributed by atoms with Gasteiger partial charge in [-0.1, -0.05) is 0 Å². The lowest BCUT2D eigenvalue weighted by molar-refractivity contribution is 0.245. The Morgan fingerprint density at radius 3 is 2.61 bits per heavy atom. The first-order chi connectivity index (χ1) is 8.38. The van der Waals surface area contributed by atoms with Crippen LogP contribution >= 0.6 is 0 Å². The minimum atomic E-state index is -4.08. The Labute approximate surface area is 103 Å². The van der Waals surface area contributed by atoms with Crippen LogP contribution in [0.25, 0.3) is 0 Å². The van der Waals surface area contributed by atoms with Crippen LogP contribution in [0.1, 0.15) is 12.8 Å². The second-order valence-electron chi connectivity index (χ2n) is 4.04. The Morgan fingerprint density at radius 2 is 2.06 bits per heavy atom. The van der Waals surface area contributed by atoms with Crippen LogP contribution in [0.2, 0.25) is 0 Å². The molecule has 2 amide bonds. The Kier molecular flexibility index (Phi) is 3.12. The molecule has 0 heterocycles. The van der Waals surface area contributed by atoms with Crippen molar-refractivity contribution in [1.29, 1.82) is 0 Å². The average Bonchev–Trinajstić information content (AvgIpc) is 2.99. The summed E-state index contributed by atoms with van der Waals surface area (Å²) < 4.78 is 38.2. The Balaban J connectivity index is 2.16. The number of anilines is 1. The fraction of sp³-hybridized carbons (Fsp3) is 0.300. The summed E-state index contributed by atoms with van der Waals surface area (Å²) >= 11 is 0. The maximum Gasteiger partial charge on any atom is 0.328 e. The minimum Gasteiger partial charge on any atom is -0.398 e. The van der Waals surface area contributed by atoms with Crippen molar-refractivity contribution in [3.05, 3.63) is 24.0 Å². The molecule has 18 heavy (non-hydrogen) atoms. The van der Waals surface area contributed by atoms with E-state index in [1.165, 1.54) is 0 Å². The van der Waals surface area contributed by atoms with Crippen molar-refractivity contribution in [2.24, 2.45) is 0 Å². The molecule has 1 aliphatic rings. The summed E-state index contributed by atoms with van der Waals surface area (Å²) in [6.07, 6.45) is 1.68. The number of sulfonamides is 1. The van der Waals surface area contributed by atoms with Crippen molar-refractivity contribution < 1.29 is 17.6 Å². The number of halogens is 1. The van der Waals surface area contributed by atoms with Crippen LogP contribution in [0.15, 0.2) is 23.1 Å². The molecule has 1 aliphatic carbocycles. The zero-order valence-electron chi connectivity index (χ0n) is 9.31. The van der Waals surface area contributed by atoms with Gasteiger partial charge in [-0.05, 0) is 31.0 Å². The molecule has 98 valence electrons. The van der Waals surface area contributed by atoms with Gasteiger partial charge in [0.05, 0.1) is 5.69 Å². The first-order valence-corrected chi connectivity index (χ1v) is 6.75. The largest absolute Gasteiger partial charge is 0.398 e. The van der Waals surface area contributed by atoms with Crippen molar-refractivity contribution in [1.82, 2.24) is 10.0 Å². The third-order valence-electron chi connectivity index (χ3n) is 2.40. The first kappa shape index (κ1) is 12.6. The van der Waals surface area contributed by atoms with Gasteiger partial charge in [0.25, 0.3) is 10.0 Å². The van der Waals surface area contributed by atoms with E-state index in [0.29, 0.717) is 0 Å². The highest BCUT2D eigenvalue weighted by atomic mass is 32.2. The molecular formula is C10H12FN3O3S. The second-order valence-corrected chi connectivity index (χ2v) is 5.69. The molecule has 1 aromatic rings. The summed E-state index contributed by atoms with van der Waals surface area (Å²) in [5.41, 5.74) is 5.16. The summed E-state index contributed by atoms with van der Waals surface area (Å²) in [7, 11) is -4.08. The summed E-state index contributed by atoms with van der Waals surface area (Å²) in [4.78, 5) is 11.0. The lowest BCUT2D eigenvalue weighted by Gasteiger charge is -2.09. The van der Waals surface area contributed by atoms with Gasteiger partial charge in [-0.3, -0.25) is 0 Å². The molecule has 0 atom stereocenters. The van der Waals surface area contributed by atoms with Crippen LogP contribution in [-0.2, 0) is 10.0 Å². The van der Waals surface area contributed by atoms with E-state index in [2.05, 4.69) is 5.32 Å². The third-order valence-corrected chi connectivity index (χ3v) is 3.81. The van der Waals surface area contributed by atoms with Crippen LogP contribution in [-0.4, -0.2) is 20.5 Å². The topological polar surface area (TPSA) is 101 Å². The maximum absolute atomic E-state index is 12.8. The van der Waals surface area contributed by atoms with Crippen LogP contribution in [0.4, 0.5) is 14.9 Å². The molecular weight excluding hydrogens is 261 g/mol. The molecule has 0 aliphatic heterocycles. The molecule has 2 rings (SSSR count). The number of hydrogen-bond donors (Lipinski definition) is 3. The van der Waals surface area contributed by atoms with Crippen molar-refractivity contribution in [3.63, 3.8) is 0 Å². The van der Waals surface area contributed by atoms with Crippen molar-refractivity contribution in [2.45, 2.75) is 23.8 Å². The lowest BCUT2D eigenvalue weighted by atomic mass is 10.3. The van der Waals surface area contributed by atoms with Crippen LogP contribution in [0, 0.1) is 5.82 Å². The summed E-state index contributed by atoms with van der Waals surface area (Å²) in [5, 5.41) is 2.47. The quantitative estimate of drug-likeness (QED) is 0.700. The summed E-state index contributed by atoms with van der Waals surface area (Å²) in [5.74, 6) is -0.645. The zero-order chi connectivity index (χ0) is 13.3. The molecule has 8 heteroatoms. The Morgan fingerprint density at radius 1 is 1.39 bits per heavy atom. The number of nitrogens with one attached hydrogen (secondary N) is 2. The van der Waals surface area contributed by atoms with E-state index >= 15 is 0 Å². The third kappa shape index (κ3) is 2.89. The molecule has 0 saturated heterocycles. The maximum atomic E-state index is 12.8. The molecule has 0 spiro atoms. The monoisotopic (exact) mass is 273 g/mol. The SMILES string of the molecule is Nc1cc(F)ccc1S(=O)(=O)NC(=O)NC1CC1. The number of nitrogens with two attached hydrogens (primary N) is 1. The highest BCUT2D eigenvalue weighted by molar-refractivity contribution is 7.90. The van der Waals surface area contributed by atoms with Crippen LogP contribution < -0.4 is 15.8 Å². The predicted molar refractivity (Wildman–Crippen MR) is 62.7 cm³/mol. The van der Waals surface area contributed by atoms with Gasteiger partial charge in [-0.15, -0.1) is 0 Å². The fourth-order valence-electron chi connectivity index (χ4n) is 1.38. The molecule has 0 bridgehead atoms. The van der Waals surface area contributed by atoms with Crippen molar-refractivity contribution in [2.75, 3.05) is 5.73 Å². The van der Waals surface area contributed by atoms with Gasteiger partial charge in [-0.2, -0.15) is 0 Å². The minimum absolute atomic E-state index is 0.0331. The fourth-order valence-corrected chi connectivity index (χ4v) is 2.41. The van der Waals surface area contributed by atoms with Crippen LogP contribution in [0.5, 0.6) is 0 Å². The zero-order valence-corrected chi connectivity index (χ0v) is 10.1. The van der Waals surface area contributed by atoms with Crippen molar-refractivity contribution >= 4 is 21.7 Å². The number of hydrogen-bond acceptors (Lipinski definition) is 4. The van der Waals surface area contributed by atoms with E-state index in [9.17, 15) is 17.6 Å². The van der Waals surface area contributed by atoms with Gasteiger partial charge in [-0.25, -0.2) is 22.3 Å². The number of urea groups is 1. The molecule has 1 fully saturated rings. The molecule has 1 saturated carbocycles. The van der Waals surface area contributed by atoms with Gasteiger partial charge in [0.15, 0.2) is 0 Å².